The molecule has 6 heteroatoms. The van der Waals surface area contributed by atoms with Gasteiger partial charge in [0.25, 0.3) is 0 Å². The molecule has 0 aliphatic heterocycles. The van der Waals surface area contributed by atoms with Crippen LogP contribution in [0.1, 0.15) is 4.88 Å². The fourth-order valence-electron chi connectivity index (χ4n) is 1.06. The maximum atomic E-state index is 5.67. The number of anilines is 1. The molecule has 0 unspecified atom stereocenters. The van der Waals surface area contributed by atoms with E-state index in [1.807, 2.05) is 11.4 Å². The van der Waals surface area contributed by atoms with E-state index in [9.17, 15) is 0 Å². The smallest absolute Gasteiger partial charge is 0.224 e. The van der Waals surface area contributed by atoms with Crippen molar-refractivity contribution in [3.63, 3.8) is 0 Å². The van der Waals surface area contributed by atoms with Crippen LogP contribution >= 0.6 is 38.9 Å². The van der Waals surface area contributed by atoms with Crippen molar-refractivity contribution in [1.29, 1.82) is 0 Å². The van der Waals surface area contributed by atoms with Gasteiger partial charge in [-0.25, -0.2) is 9.97 Å². The van der Waals surface area contributed by atoms with Crippen LogP contribution in [-0.4, -0.2) is 9.97 Å². The Morgan fingerprint density at radius 1 is 1.47 bits per heavy atom. The van der Waals surface area contributed by atoms with E-state index in [1.165, 1.54) is 4.88 Å². The van der Waals surface area contributed by atoms with Gasteiger partial charge >= 0.3 is 0 Å². The summed E-state index contributed by atoms with van der Waals surface area (Å²) in [6.07, 6.45) is 1.63. The molecule has 78 valence electrons. The minimum Gasteiger partial charge on any atom is -0.365 e. The summed E-state index contributed by atoms with van der Waals surface area (Å²) in [5.41, 5.74) is 0. The molecule has 0 saturated carbocycles. The summed E-state index contributed by atoms with van der Waals surface area (Å²) in [4.78, 5) is 9.07. The summed E-state index contributed by atoms with van der Waals surface area (Å²) < 4.78 is 1.11. The van der Waals surface area contributed by atoms with Crippen molar-refractivity contribution < 1.29 is 0 Å². The molecule has 0 saturated heterocycles. The zero-order chi connectivity index (χ0) is 10.7. The van der Waals surface area contributed by atoms with Gasteiger partial charge in [0.05, 0.1) is 6.54 Å². The molecule has 0 amide bonds. The normalized spacial score (nSPS) is 10.3. The van der Waals surface area contributed by atoms with E-state index >= 15 is 0 Å². The number of halogens is 2. The van der Waals surface area contributed by atoms with E-state index < -0.39 is 0 Å². The molecule has 0 radical (unpaired) electrons. The molecule has 2 rings (SSSR count). The fourth-order valence-corrected chi connectivity index (χ4v) is 2.64. The van der Waals surface area contributed by atoms with Crippen LogP contribution in [0.4, 0.5) is 5.82 Å². The highest BCUT2D eigenvalue weighted by molar-refractivity contribution is 9.10. The fraction of sp³-hybridized carbons (Fsp3) is 0.111. The molecule has 2 aromatic heterocycles. The number of nitrogens with zero attached hydrogens (tertiary/aromatic N) is 2. The van der Waals surface area contributed by atoms with Crippen LogP contribution in [0.25, 0.3) is 0 Å². The van der Waals surface area contributed by atoms with Gasteiger partial charge in [-0.1, -0.05) is 0 Å². The number of nitrogens with one attached hydrogen (secondary N) is 1. The number of aromatic nitrogens is 2. The lowest BCUT2D eigenvalue weighted by Crippen LogP contribution is -2.00. The molecule has 0 bridgehead atoms. The Balaban J connectivity index is 2.02. The topological polar surface area (TPSA) is 37.8 Å². The van der Waals surface area contributed by atoms with Crippen LogP contribution in [0.5, 0.6) is 0 Å². The zero-order valence-corrected chi connectivity index (χ0v) is 10.7. The predicted molar refractivity (Wildman–Crippen MR) is 66.4 cm³/mol. The lowest BCUT2D eigenvalue weighted by molar-refractivity contribution is 1.10. The standard InChI is InChI=1S/C9H7BrClN3S/c10-6-2-4-15-7(6)5-13-8-1-3-12-9(11)14-8/h1-4H,5H2,(H,12,13,14). The Labute approximate surface area is 105 Å². The third kappa shape index (κ3) is 2.90. The van der Waals surface area contributed by atoms with E-state index in [-0.39, 0.29) is 5.28 Å². The Morgan fingerprint density at radius 2 is 2.33 bits per heavy atom. The first-order valence-corrected chi connectivity index (χ1v) is 6.25. The summed E-state index contributed by atoms with van der Waals surface area (Å²) in [5.74, 6) is 0.732. The molecular formula is C9H7BrClN3S. The van der Waals surface area contributed by atoms with E-state index in [0.717, 1.165) is 16.8 Å². The number of thiophene rings is 1. The highest BCUT2D eigenvalue weighted by Crippen LogP contribution is 2.23. The van der Waals surface area contributed by atoms with Crippen molar-refractivity contribution in [3.05, 3.63) is 38.3 Å². The van der Waals surface area contributed by atoms with E-state index in [1.54, 1.807) is 23.6 Å². The van der Waals surface area contributed by atoms with Gasteiger partial charge in [0.1, 0.15) is 5.82 Å². The van der Waals surface area contributed by atoms with Crippen molar-refractivity contribution in [3.8, 4) is 0 Å². The van der Waals surface area contributed by atoms with Gasteiger partial charge in [-0.2, -0.15) is 0 Å². The third-order valence-electron chi connectivity index (χ3n) is 1.75. The Bertz CT molecular complexity index is 460. The molecule has 0 atom stereocenters. The van der Waals surface area contributed by atoms with Crippen molar-refractivity contribution in [1.82, 2.24) is 9.97 Å². The SMILES string of the molecule is Clc1nccc(NCc2sccc2Br)n1. The van der Waals surface area contributed by atoms with Crippen molar-refractivity contribution in [2.45, 2.75) is 6.54 Å². The van der Waals surface area contributed by atoms with Crippen LogP contribution in [0, 0.1) is 0 Å². The molecule has 2 aromatic rings. The molecule has 1 N–H and O–H groups in total. The van der Waals surface area contributed by atoms with Crippen LogP contribution in [0.2, 0.25) is 5.28 Å². The first-order chi connectivity index (χ1) is 7.25. The van der Waals surface area contributed by atoms with E-state index in [4.69, 9.17) is 11.6 Å². The lowest BCUT2D eigenvalue weighted by Gasteiger charge is -2.03. The highest BCUT2D eigenvalue weighted by Gasteiger charge is 2.01. The Kier molecular flexibility index (Phi) is 3.56. The Morgan fingerprint density at radius 3 is 3.00 bits per heavy atom. The van der Waals surface area contributed by atoms with Gasteiger partial charge in [-0.05, 0) is 45.0 Å². The quantitative estimate of drug-likeness (QED) is 0.881. The number of rotatable bonds is 3. The number of hydrogen-bond donors (Lipinski definition) is 1. The summed E-state index contributed by atoms with van der Waals surface area (Å²) in [6, 6.07) is 3.81. The van der Waals surface area contributed by atoms with Crippen molar-refractivity contribution >= 4 is 44.7 Å². The maximum absolute atomic E-state index is 5.67. The molecule has 0 spiro atoms. The minimum atomic E-state index is 0.255. The highest BCUT2D eigenvalue weighted by atomic mass is 79.9. The third-order valence-corrected chi connectivity index (χ3v) is 3.86. The Hall–Kier alpha value is -0.650. The average molecular weight is 305 g/mol. The second-order valence-electron chi connectivity index (χ2n) is 2.76. The summed E-state index contributed by atoms with van der Waals surface area (Å²) in [5, 5.41) is 5.46. The molecular weight excluding hydrogens is 298 g/mol. The molecule has 3 nitrogen and oxygen atoms in total. The second-order valence-corrected chi connectivity index (χ2v) is 4.95. The molecule has 0 aliphatic carbocycles. The van der Waals surface area contributed by atoms with Crippen LogP contribution < -0.4 is 5.32 Å². The van der Waals surface area contributed by atoms with Gasteiger partial charge in [0.15, 0.2) is 0 Å². The zero-order valence-electron chi connectivity index (χ0n) is 7.58. The first-order valence-electron chi connectivity index (χ1n) is 4.20. The average Bonchev–Trinajstić information content (AvgIpc) is 2.61. The summed E-state index contributed by atoms with van der Waals surface area (Å²) in [7, 11) is 0. The maximum Gasteiger partial charge on any atom is 0.224 e. The van der Waals surface area contributed by atoms with Gasteiger partial charge in [0.2, 0.25) is 5.28 Å². The van der Waals surface area contributed by atoms with Gasteiger partial charge in [-0.3, -0.25) is 0 Å². The van der Waals surface area contributed by atoms with Crippen molar-refractivity contribution in [2.75, 3.05) is 5.32 Å². The summed E-state index contributed by atoms with van der Waals surface area (Å²) in [6.45, 7) is 0.728. The van der Waals surface area contributed by atoms with Crippen LogP contribution in [0.15, 0.2) is 28.2 Å². The second kappa shape index (κ2) is 4.92. The largest absolute Gasteiger partial charge is 0.365 e. The predicted octanol–water partition coefficient (Wildman–Crippen LogP) is 3.57. The molecule has 0 fully saturated rings. The monoisotopic (exact) mass is 303 g/mol. The van der Waals surface area contributed by atoms with E-state index in [0.29, 0.717) is 0 Å². The van der Waals surface area contributed by atoms with Crippen molar-refractivity contribution in [2.24, 2.45) is 0 Å². The molecule has 2 heterocycles. The van der Waals surface area contributed by atoms with Gasteiger partial charge in [0, 0.05) is 15.5 Å². The summed E-state index contributed by atoms with van der Waals surface area (Å²) >= 11 is 10.8. The number of hydrogen-bond acceptors (Lipinski definition) is 4. The molecule has 0 aliphatic rings. The minimum absolute atomic E-state index is 0.255. The first kappa shape index (κ1) is 10.9. The lowest BCUT2D eigenvalue weighted by atomic mass is 10.4. The van der Waals surface area contributed by atoms with Gasteiger partial charge in [-0.15, -0.1) is 11.3 Å². The molecule has 15 heavy (non-hydrogen) atoms. The van der Waals surface area contributed by atoms with Gasteiger partial charge < -0.3 is 5.32 Å². The molecule has 0 aromatic carbocycles. The van der Waals surface area contributed by atoms with E-state index in [2.05, 4.69) is 31.2 Å². The van der Waals surface area contributed by atoms with Crippen LogP contribution in [-0.2, 0) is 6.54 Å². The van der Waals surface area contributed by atoms with Crippen LogP contribution in [0.3, 0.4) is 0 Å².